The first-order valence-electron chi connectivity index (χ1n) is 10.8. The molecule has 33 heavy (non-hydrogen) atoms. The van der Waals surface area contributed by atoms with Crippen LogP contribution in [0.4, 0.5) is 10.6 Å². The van der Waals surface area contributed by atoms with Gasteiger partial charge in [0.15, 0.2) is 0 Å². The van der Waals surface area contributed by atoms with Gasteiger partial charge in [0, 0.05) is 30.9 Å². The number of carbonyl (C=O) groups excluding carboxylic acids is 2. The Morgan fingerprint density at radius 3 is 2.61 bits per heavy atom. The zero-order valence-corrected chi connectivity index (χ0v) is 18.8. The number of nitrogens with two attached hydrogens (primary N) is 2. The number of carbonyl (C=O) groups is 2. The second-order valence-corrected chi connectivity index (χ2v) is 8.67. The van der Waals surface area contributed by atoms with Crippen LogP contribution in [0, 0.1) is 0 Å². The summed E-state index contributed by atoms with van der Waals surface area (Å²) >= 11 is 6.01. The van der Waals surface area contributed by atoms with E-state index in [-0.39, 0.29) is 11.9 Å². The number of nitrogens with zero attached hydrogens (tertiary/aromatic N) is 3. The molecule has 0 bridgehead atoms. The van der Waals surface area contributed by atoms with Crippen molar-refractivity contribution >= 4 is 40.4 Å². The summed E-state index contributed by atoms with van der Waals surface area (Å²) in [5, 5.41) is 7.17. The Hall–Kier alpha value is -3.37. The molecule has 174 valence electrons. The van der Waals surface area contributed by atoms with Gasteiger partial charge in [0.1, 0.15) is 17.8 Å². The second-order valence-electron chi connectivity index (χ2n) is 8.24. The normalized spacial score (nSPS) is 16.4. The first-order chi connectivity index (χ1) is 15.9. The van der Waals surface area contributed by atoms with Gasteiger partial charge in [-0.1, -0.05) is 23.7 Å². The van der Waals surface area contributed by atoms with Crippen molar-refractivity contribution in [3.8, 4) is 0 Å². The van der Waals surface area contributed by atoms with Crippen LogP contribution in [0.2, 0.25) is 5.02 Å². The molecule has 3 amide bonds. The highest BCUT2D eigenvalue weighted by molar-refractivity contribution is 6.30. The third kappa shape index (κ3) is 5.18. The number of benzene rings is 1. The second kappa shape index (κ2) is 9.63. The topological polar surface area (TPSA) is 155 Å². The molecule has 7 N–H and O–H groups in total. The van der Waals surface area contributed by atoms with Gasteiger partial charge in [0.2, 0.25) is 5.91 Å². The summed E-state index contributed by atoms with van der Waals surface area (Å²) in [5.74, 6) is 0.607. The number of aromatic nitrogens is 3. The third-order valence-electron chi connectivity index (χ3n) is 6.05. The molecular weight excluding hydrogens is 444 g/mol. The Morgan fingerprint density at radius 2 is 1.91 bits per heavy atom. The van der Waals surface area contributed by atoms with E-state index < -0.39 is 11.6 Å². The number of piperidine rings is 1. The van der Waals surface area contributed by atoms with E-state index in [2.05, 4.69) is 30.5 Å². The van der Waals surface area contributed by atoms with E-state index in [4.69, 9.17) is 23.1 Å². The summed E-state index contributed by atoms with van der Waals surface area (Å²) in [7, 11) is 0. The zero-order valence-electron chi connectivity index (χ0n) is 18.1. The average Bonchev–Trinajstić information content (AvgIpc) is 3.28. The third-order valence-corrected chi connectivity index (χ3v) is 6.30. The number of H-pyrrole nitrogens is 1. The van der Waals surface area contributed by atoms with Gasteiger partial charge in [-0.05, 0) is 43.0 Å². The highest BCUT2D eigenvalue weighted by Gasteiger charge is 2.39. The van der Waals surface area contributed by atoms with Crippen LogP contribution in [0.15, 0.2) is 42.9 Å². The van der Waals surface area contributed by atoms with Gasteiger partial charge >= 0.3 is 6.03 Å². The molecule has 1 unspecified atom stereocenters. The van der Waals surface area contributed by atoms with Crippen molar-refractivity contribution in [3.05, 3.63) is 53.4 Å². The molecule has 4 rings (SSSR count). The molecule has 1 aliphatic rings. The Kier molecular flexibility index (Phi) is 6.66. The van der Waals surface area contributed by atoms with Crippen molar-refractivity contribution in [2.45, 2.75) is 30.8 Å². The van der Waals surface area contributed by atoms with Crippen molar-refractivity contribution in [3.63, 3.8) is 0 Å². The fourth-order valence-corrected chi connectivity index (χ4v) is 4.24. The Morgan fingerprint density at radius 1 is 1.18 bits per heavy atom. The molecule has 1 atom stereocenters. The maximum absolute atomic E-state index is 13.3. The van der Waals surface area contributed by atoms with Crippen molar-refractivity contribution in [1.29, 1.82) is 0 Å². The summed E-state index contributed by atoms with van der Waals surface area (Å²) in [6.45, 7) is 1.50. The molecule has 11 heteroatoms. The lowest BCUT2D eigenvalue weighted by Crippen LogP contribution is -2.60. The highest BCUT2D eigenvalue weighted by atomic mass is 35.5. The van der Waals surface area contributed by atoms with E-state index in [9.17, 15) is 9.59 Å². The fourth-order valence-electron chi connectivity index (χ4n) is 4.11. The van der Waals surface area contributed by atoms with Gasteiger partial charge in [-0.15, -0.1) is 0 Å². The lowest BCUT2D eigenvalue weighted by molar-refractivity contribution is -0.128. The molecule has 1 aliphatic heterocycles. The maximum atomic E-state index is 13.3. The summed E-state index contributed by atoms with van der Waals surface area (Å²) in [6, 6.07) is 8.20. The minimum Gasteiger partial charge on any atom is -0.356 e. The highest BCUT2D eigenvalue weighted by Crippen LogP contribution is 2.29. The predicted molar refractivity (Wildman–Crippen MR) is 127 cm³/mol. The van der Waals surface area contributed by atoms with Crippen LogP contribution < -0.4 is 27.0 Å². The van der Waals surface area contributed by atoms with Crippen molar-refractivity contribution in [2.75, 3.05) is 24.5 Å². The van der Waals surface area contributed by atoms with Gasteiger partial charge in [-0.3, -0.25) is 4.79 Å². The number of fused-ring (bicyclic) bond motifs is 1. The summed E-state index contributed by atoms with van der Waals surface area (Å²) in [4.78, 5) is 38.2. The number of urea groups is 1. The smallest absolute Gasteiger partial charge is 0.312 e. The SMILES string of the molecule is NC(=O)NCCC(NC(=O)C1(N)CCN(c2ncnc3[nH]ccc23)CC1)c1ccc(Cl)cc1. The molecule has 1 fully saturated rings. The average molecular weight is 471 g/mol. The summed E-state index contributed by atoms with van der Waals surface area (Å²) in [6.07, 6.45) is 4.77. The minimum atomic E-state index is -1.01. The van der Waals surface area contributed by atoms with Crippen LogP contribution >= 0.6 is 11.6 Å². The van der Waals surface area contributed by atoms with Crippen LogP contribution in [0.1, 0.15) is 30.9 Å². The minimum absolute atomic E-state index is 0.226. The predicted octanol–water partition coefficient (Wildman–Crippen LogP) is 1.82. The molecule has 2 aromatic heterocycles. The van der Waals surface area contributed by atoms with Crippen LogP contribution in [0.5, 0.6) is 0 Å². The number of primary amides is 1. The molecule has 3 heterocycles. The van der Waals surface area contributed by atoms with Crippen molar-refractivity contribution in [2.24, 2.45) is 11.5 Å². The van der Waals surface area contributed by atoms with Crippen LogP contribution in [-0.2, 0) is 4.79 Å². The Labute approximate surface area is 196 Å². The quantitative estimate of drug-likeness (QED) is 0.354. The molecule has 1 saturated heterocycles. The Bertz CT molecular complexity index is 1120. The van der Waals surface area contributed by atoms with E-state index in [1.807, 2.05) is 24.4 Å². The first kappa shape index (κ1) is 22.8. The van der Waals surface area contributed by atoms with Gasteiger partial charge < -0.3 is 32.0 Å². The van der Waals surface area contributed by atoms with Gasteiger partial charge in [0.05, 0.1) is 17.0 Å². The van der Waals surface area contributed by atoms with E-state index in [0.29, 0.717) is 43.9 Å². The Balaban J connectivity index is 1.43. The van der Waals surface area contributed by atoms with E-state index in [1.54, 1.807) is 12.1 Å². The molecule has 0 spiro atoms. The monoisotopic (exact) mass is 470 g/mol. The number of anilines is 1. The van der Waals surface area contributed by atoms with Crippen molar-refractivity contribution in [1.82, 2.24) is 25.6 Å². The molecule has 3 aromatic rings. The number of hydrogen-bond donors (Lipinski definition) is 5. The standard InChI is InChI=1S/C22H27ClN8O2/c23-15-3-1-14(2-4-15)17(6-10-27-21(24)33)30-20(32)22(25)7-11-31(12-8-22)19-16-5-9-26-18(16)28-13-29-19/h1-5,9,13,17H,6-8,10-12,25H2,(H,30,32)(H3,24,27,33)(H,26,28,29). The zero-order chi connectivity index (χ0) is 23.4. The number of halogens is 1. The lowest BCUT2D eigenvalue weighted by Gasteiger charge is -2.39. The van der Waals surface area contributed by atoms with Crippen LogP contribution in [0.3, 0.4) is 0 Å². The van der Waals surface area contributed by atoms with E-state index in [0.717, 1.165) is 22.4 Å². The maximum Gasteiger partial charge on any atom is 0.312 e. The number of nitrogens with one attached hydrogen (secondary N) is 3. The number of amides is 3. The molecule has 0 saturated carbocycles. The number of rotatable bonds is 7. The van der Waals surface area contributed by atoms with Crippen LogP contribution in [-0.4, -0.2) is 52.1 Å². The van der Waals surface area contributed by atoms with Crippen molar-refractivity contribution < 1.29 is 9.59 Å². The van der Waals surface area contributed by atoms with E-state index >= 15 is 0 Å². The molecule has 1 aromatic carbocycles. The molecule has 0 radical (unpaired) electrons. The van der Waals surface area contributed by atoms with Crippen LogP contribution in [0.25, 0.3) is 11.0 Å². The largest absolute Gasteiger partial charge is 0.356 e. The van der Waals surface area contributed by atoms with Gasteiger partial charge in [-0.2, -0.15) is 0 Å². The number of hydrogen-bond acceptors (Lipinski definition) is 6. The summed E-state index contributed by atoms with van der Waals surface area (Å²) < 4.78 is 0. The summed E-state index contributed by atoms with van der Waals surface area (Å²) in [5.41, 5.74) is 12.4. The first-order valence-corrected chi connectivity index (χ1v) is 11.2. The van der Waals surface area contributed by atoms with Gasteiger partial charge in [-0.25, -0.2) is 14.8 Å². The molecular formula is C22H27ClN8O2. The fraction of sp³-hybridized carbons (Fsp3) is 0.364. The van der Waals surface area contributed by atoms with Gasteiger partial charge in [0.25, 0.3) is 0 Å². The molecule has 10 nitrogen and oxygen atoms in total. The lowest BCUT2D eigenvalue weighted by atomic mass is 9.87. The number of aromatic amines is 1. The van der Waals surface area contributed by atoms with E-state index in [1.165, 1.54) is 6.33 Å². The molecule has 0 aliphatic carbocycles.